The van der Waals surface area contributed by atoms with E-state index in [2.05, 4.69) is 21.2 Å². The van der Waals surface area contributed by atoms with E-state index < -0.39 is 12.0 Å². The number of aliphatic carboxylic acids is 1. The number of hydrogen-bond donors (Lipinski definition) is 2. The Morgan fingerprint density at radius 2 is 2.17 bits per heavy atom. The van der Waals surface area contributed by atoms with Gasteiger partial charge in [0.15, 0.2) is 0 Å². The van der Waals surface area contributed by atoms with E-state index in [0.717, 1.165) is 0 Å². The van der Waals surface area contributed by atoms with Gasteiger partial charge in [0.2, 0.25) is 5.91 Å². The first-order valence-corrected chi connectivity index (χ1v) is 6.05. The molecule has 0 unspecified atom stereocenters. The van der Waals surface area contributed by atoms with E-state index >= 15 is 0 Å². The standard InChI is InChI=1S/C12H14BrNO4/c1-7(15)14-10(6-12(16)17)8-3-4-11(18-2)9(13)5-8/h3-5,10H,6H2,1-2H3,(H,14,15)(H,16,17)/t10-/m0/s1. The SMILES string of the molecule is COc1ccc([C@H](CC(=O)O)NC(C)=O)cc1Br. The van der Waals surface area contributed by atoms with Crippen molar-refractivity contribution in [2.75, 3.05) is 7.11 Å². The van der Waals surface area contributed by atoms with Crippen LogP contribution in [-0.4, -0.2) is 24.1 Å². The van der Waals surface area contributed by atoms with Crippen LogP contribution in [0.2, 0.25) is 0 Å². The van der Waals surface area contributed by atoms with E-state index in [4.69, 9.17) is 9.84 Å². The Morgan fingerprint density at radius 1 is 1.50 bits per heavy atom. The number of benzene rings is 1. The summed E-state index contributed by atoms with van der Waals surface area (Å²) in [4.78, 5) is 21.9. The summed E-state index contributed by atoms with van der Waals surface area (Å²) in [5.41, 5.74) is 0.709. The molecular weight excluding hydrogens is 302 g/mol. The molecule has 0 heterocycles. The van der Waals surface area contributed by atoms with Crippen molar-refractivity contribution in [3.8, 4) is 5.75 Å². The minimum Gasteiger partial charge on any atom is -0.496 e. The molecule has 2 N–H and O–H groups in total. The highest BCUT2D eigenvalue weighted by molar-refractivity contribution is 9.10. The summed E-state index contributed by atoms with van der Waals surface area (Å²) < 4.78 is 5.80. The van der Waals surface area contributed by atoms with Gasteiger partial charge in [0.25, 0.3) is 0 Å². The van der Waals surface area contributed by atoms with Crippen molar-refractivity contribution < 1.29 is 19.4 Å². The lowest BCUT2D eigenvalue weighted by molar-refractivity contribution is -0.137. The van der Waals surface area contributed by atoms with Gasteiger partial charge in [0.1, 0.15) is 5.75 Å². The van der Waals surface area contributed by atoms with Crippen LogP contribution >= 0.6 is 15.9 Å². The molecule has 5 nitrogen and oxygen atoms in total. The number of methoxy groups -OCH3 is 1. The minimum absolute atomic E-state index is 0.168. The van der Waals surface area contributed by atoms with Crippen molar-refractivity contribution in [2.45, 2.75) is 19.4 Å². The monoisotopic (exact) mass is 315 g/mol. The Kier molecular flexibility index (Phi) is 5.15. The van der Waals surface area contributed by atoms with Crippen LogP contribution in [0.5, 0.6) is 5.75 Å². The molecule has 18 heavy (non-hydrogen) atoms. The molecule has 1 amide bonds. The Labute approximate surface area is 113 Å². The van der Waals surface area contributed by atoms with E-state index in [1.54, 1.807) is 25.3 Å². The van der Waals surface area contributed by atoms with E-state index in [-0.39, 0.29) is 12.3 Å². The van der Waals surface area contributed by atoms with Crippen LogP contribution in [0.25, 0.3) is 0 Å². The van der Waals surface area contributed by atoms with Crippen LogP contribution in [0.4, 0.5) is 0 Å². The second kappa shape index (κ2) is 6.39. The number of carboxylic acid groups (broad SMARTS) is 1. The van der Waals surface area contributed by atoms with E-state index in [0.29, 0.717) is 15.8 Å². The Hall–Kier alpha value is -1.56. The second-order valence-electron chi connectivity index (χ2n) is 3.74. The molecule has 0 radical (unpaired) electrons. The molecule has 0 spiro atoms. The molecule has 0 fully saturated rings. The molecule has 1 rings (SSSR count). The van der Waals surface area contributed by atoms with Crippen LogP contribution in [0, 0.1) is 0 Å². The Balaban J connectivity index is 3.00. The van der Waals surface area contributed by atoms with Crippen molar-refractivity contribution in [1.82, 2.24) is 5.32 Å². The molecule has 0 saturated carbocycles. The smallest absolute Gasteiger partial charge is 0.305 e. The molecule has 1 aromatic carbocycles. The number of nitrogens with one attached hydrogen (secondary N) is 1. The number of carbonyl (C=O) groups excluding carboxylic acids is 1. The van der Waals surface area contributed by atoms with Gasteiger partial charge in [-0.15, -0.1) is 0 Å². The van der Waals surface area contributed by atoms with Crippen LogP contribution in [0.15, 0.2) is 22.7 Å². The summed E-state index contributed by atoms with van der Waals surface area (Å²) in [6.45, 7) is 1.35. The average molecular weight is 316 g/mol. The lowest BCUT2D eigenvalue weighted by Crippen LogP contribution is -2.28. The largest absolute Gasteiger partial charge is 0.496 e. The summed E-state index contributed by atoms with van der Waals surface area (Å²) in [6, 6.07) is 4.63. The molecule has 6 heteroatoms. The fourth-order valence-electron chi connectivity index (χ4n) is 1.57. The highest BCUT2D eigenvalue weighted by Gasteiger charge is 2.17. The summed E-state index contributed by atoms with van der Waals surface area (Å²) in [7, 11) is 1.54. The molecular formula is C12H14BrNO4. The van der Waals surface area contributed by atoms with Gasteiger partial charge < -0.3 is 15.2 Å². The molecule has 98 valence electrons. The molecule has 0 bridgehead atoms. The maximum absolute atomic E-state index is 11.1. The van der Waals surface area contributed by atoms with Crippen LogP contribution in [-0.2, 0) is 9.59 Å². The number of halogens is 1. The lowest BCUT2D eigenvalue weighted by Gasteiger charge is -2.17. The van der Waals surface area contributed by atoms with Gasteiger partial charge in [-0.05, 0) is 33.6 Å². The van der Waals surface area contributed by atoms with Crippen LogP contribution < -0.4 is 10.1 Å². The highest BCUT2D eigenvalue weighted by atomic mass is 79.9. The van der Waals surface area contributed by atoms with Gasteiger partial charge in [-0.2, -0.15) is 0 Å². The second-order valence-corrected chi connectivity index (χ2v) is 4.60. The third-order valence-corrected chi connectivity index (χ3v) is 2.95. The number of amides is 1. The van der Waals surface area contributed by atoms with Crippen LogP contribution in [0.1, 0.15) is 24.9 Å². The van der Waals surface area contributed by atoms with Gasteiger partial charge >= 0.3 is 5.97 Å². The summed E-state index contributed by atoms with van der Waals surface area (Å²) >= 11 is 3.32. The van der Waals surface area contributed by atoms with Crippen molar-refractivity contribution in [3.05, 3.63) is 28.2 Å². The maximum Gasteiger partial charge on any atom is 0.305 e. The summed E-state index contributed by atoms with van der Waals surface area (Å²) in [5, 5.41) is 11.5. The Morgan fingerprint density at radius 3 is 2.61 bits per heavy atom. The van der Waals surface area contributed by atoms with Gasteiger partial charge in [0, 0.05) is 6.92 Å². The molecule has 1 atom stereocenters. The van der Waals surface area contributed by atoms with Crippen molar-refractivity contribution in [3.63, 3.8) is 0 Å². The van der Waals surface area contributed by atoms with Gasteiger partial charge in [-0.3, -0.25) is 9.59 Å². The Bertz CT molecular complexity index is 445. The normalized spacial score (nSPS) is 11.7. The quantitative estimate of drug-likeness (QED) is 0.872. The molecule has 0 aliphatic heterocycles. The van der Waals surface area contributed by atoms with Gasteiger partial charge in [-0.25, -0.2) is 0 Å². The summed E-state index contributed by atoms with van der Waals surface area (Å²) in [6.07, 6.45) is -0.168. The number of rotatable bonds is 5. The molecule has 0 aromatic heterocycles. The zero-order chi connectivity index (χ0) is 13.7. The van der Waals surface area contributed by atoms with Crippen molar-refractivity contribution >= 4 is 27.8 Å². The first kappa shape index (κ1) is 14.5. The zero-order valence-corrected chi connectivity index (χ0v) is 11.7. The molecule has 1 aromatic rings. The fraction of sp³-hybridized carbons (Fsp3) is 0.333. The molecule has 0 saturated heterocycles. The predicted octanol–water partition coefficient (Wildman–Crippen LogP) is 2.11. The van der Waals surface area contributed by atoms with Gasteiger partial charge in [0.05, 0.1) is 24.0 Å². The topological polar surface area (TPSA) is 75.6 Å². The third kappa shape index (κ3) is 4.03. The minimum atomic E-state index is -0.972. The average Bonchev–Trinajstić information content (AvgIpc) is 2.26. The third-order valence-electron chi connectivity index (χ3n) is 2.33. The fourth-order valence-corrected chi connectivity index (χ4v) is 2.13. The first-order valence-electron chi connectivity index (χ1n) is 5.26. The predicted molar refractivity (Wildman–Crippen MR) is 69.5 cm³/mol. The number of ether oxygens (including phenoxy) is 1. The zero-order valence-electron chi connectivity index (χ0n) is 10.1. The molecule has 0 aliphatic rings. The van der Waals surface area contributed by atoms with Crippen LogP contribution in [0.3, 0.4) is 0 Å². The van der Waals surface area contributed by atoms with E-state index in [9.17, 15) is 9.59 Å². The van der Waals surface area contributed by atoms with Gasteiger partial charge in [-0.1, -0.05) is 6.07 Å². The highest BCUT2D eigenvalue weighted by Crippen LogP contribution is 2.29. The van der Waals surface area contributed by atoms with Crippen molar-refractivity contribution in [1.29, 1.82) is 0 Å². The maximum atomic E-state index is 11.1. The number of hydrogen-bond acceptors (Lipinski definition) is 3. The molecule has 0 aliphatic carbocycles. The number of carbonyl (C=O) groups is 2. The summed E-state index contributed by atoms with van der Waals surface area (Å²) in [5.74, 6) is -0.593. The lowest BCUT2D eigenvalue weighted by atomic mass is 10.0. The van der Waals surface area contributed by atoms with E-state index in [1.165, 1.54) is 6.92 Å². The first-order chi connectivity index (χ1) is 8.43. The van der Waals surface area contributed by atoms with E-state index in [1.807, 2.05) is 0 Å². The van der Waals surface area contributed by atoms with Crippen molar-refractivity contribution in [2.24, 2.45) is 0 Å². The number of carboxylic acids is 1.